The third-order valence-electron chi connectivity index (χ3n) is 5.56. The summed E-state index contributed by atoms with van der Waals surface area (Å²) in [7, 11) is 0. The van der Waals surface area contributed by atoms with Crippen molar-refractivity contribution in [1.82, 2.24) is 0 Å². The van der Waals surface area contributed by atoms with Crippen molar-refractivity contribution in [3.63, 3.8) is 0 Å². The third-order valence-corrected chi connectivity index (χ3v) is 5.56. The molecule has 0 saturated heterocycles. The minimum atomic E-state index is -0.00581. The molecule has 0 heterocycles. The first-order valence-electron chi connectivity index (χ1n) is 11.6. The Hall–Kier alpha value is -1.75. The number of rotatable bonds is 15. The molecule has 2 rings (SSSR count). The molecular formula is C26H39NO3. The van der Waals surface area contributed by atoms with Crippen LogP contribution in [0.15, 0.2) is 36.4 Å². The van der Waals surface area contributed by atoms with E-state index in [0.717, 1.165) is 75.7 Å². The Balaban J connectivity index is 1.66. The van der Waals surface area contributed by atoms with E-state index in [9.17, 15) is 0 Å². The lowest BCUT2D eigenvalue weighted by Crippen LogP contribution is -2.17. The van der Waals surface area contributed by atoms with Crippen LogP contribution in [0.5, 0.6) is 0 Å². The highest BCUT2D eigenvalue weighted by molar-refractivity contribution is 5.90. The van der Waals surface area contributed by atoms with Crippen molar-refractivity contribution in [1.29, 1.82) is 5.41 Å². The van der Waals surface area contributed by atoms with Gasteiger partial charge in [0.1, 0.15) is 0 Å². The second-order valence-corrected chi connectivity index (χ2v) is 7.98. The number of aliphatic hydroxyl groups excluding tert-OH is 1. The fraction of sp³-hybridized carbons (Fsp3) is 0.577. The Morgan fingerprint density at radius 3 is 2.60 bits per heavy atom. The van der Waals surface area contributed by atoms with Crippen LogP contribution in [0.1, 0.15) is 75.5 Å². The number of hydrogen-bond donors (Lipinski definition) is 2. The summed E-state index contributed by atoms with van der Waals surface area (Å²) < 4.78 is 11.6. The number of unbranched alkanes of at least 4 members (excludes halogenated alkanes) is 3. The van der Waals surface area contributed by atoms with Crippen molar-refractivity contribution in [2.75, 3.05) is 19.8 Å². The van der Waals surface area contributed by atoms with E-state index in [0.29, 0.717) is 0 Å². The van der Waals surface area contributed by atoms with Crippen LogP contribution in [0.3, 0.4) is 0 Å². The van der Waals surface area contributed by atoms with Gasteiger partial charge in [-0.25, -0.2) is 0 Å². The maximum absolute atomic E-state index is 9.10. The molecule has 1 aromatic rings. The molecule has 2 N–H and O–H groups in total. The van der Waals surface area contributed by atoms with E-state index in [4.69, 9.17) is 20.0 Å². The first kappa shape index (κ1) is 24.5. The van der Waals surface area contributed by atoms with Gasteiger partial charge in [0.25, 0.3) is 0 Å². The van der Waals surface area contributed by atoms with Crippen molar-refractivity contribution in [3.8, 4) is 0 Å². The molecule has 4 heteroatoms. The van der Waals surface area contributed by atoms with Gasteiger partial charge in [0.15, 0.2) is 0 Å². The molecule has 1 aliphatic rings. The summed E-state index contributed by atoms with van der Waals surface area (Å²) in [5.74, 6) is 0. The molecule has 0 bridgehead atoms. The van der Waals surface area contributed by atoms with E-state index in [1.807, 2.05) is 6.92 Å². The van der Waals surface area contributed by atoms with Gasteiger partial charge in [-0.2, -0.15) is 0 Å². The molecule has 0 spiro atoms. The SMILES string of the molecule is CCCc1ccc(C2=CCC(OCCCCCCOC(CC)CO)C=C2)c(C=N)c1. The molecule has 2 unspecified atom stereocenters. The summed E-state index contributed by atoms with van der Waals surface area (Å²) in [5.41, 5.74) is 4.61. The topological polar surface area (TPSA) is 62.5 Å². The molecule has 2 atom stereocenters. The summed E-state index contributed by atoms with van der Waals surface area (Å²) in [6, 6.07) is 6.47. The van der Waals surface area contributed by atoms with Crippen LogP contribution >= 0.6 is 0 Å². The number of aryl methyl sites for hydroxylation is 1. The second-order valence-electron chi connectivity index (χ2n) is 7.98. The van der Waals surface area contributed by atoms with E-state index in [1.165, 1.54) is 17.4 Å². The first-order valence-corrected chi connectivity index (χ1v) is 11.6. The molecule has 0 radical (unpaired) electrons. The van der Waals surface area contributed by atoms with Crippen LogP contribution in [0.25, 0.3) is 5.57 Å². The minimum Gasteiger partial charge on any atom is -0.394 e. The molecule has 30 heavy (non-hydrogen) atoms. The average molecular weight is 414 g/mol. The van der Waals surface area contributed by atoms with Gasteiger partial charge in [0.05, 0.1) is 18.8 Å². The average Bonchev–Trinajstić information content (AvgIpc) is 2.79. The van der Waals surface area contributed by atoms with Crippen molar-refractivity contribution in [2.45, 2.75) is 77.4 Å². The van der Waals surface area contributed by atoms with Crippen LogP contribution in [0.2, 0.25) is 0 Å². The van der Waals surface area contributed by atoms with E-state index < -0.39 is 0 Å². The Kier molecular flexibility index (Phi) is 11.7. The van der Waals surface area contributed by atoms with Crippen molar-refractivity contribution in [2.24, 2.45) is 0 Å². The Bertz CT molecular complexity index is 692. The quantitative estimate of drug-likeness (QED) is 0.286. The van der Waals surface area contributed by atoms with Gasteiger partial charge in [0.2, 0.25) is 0 Å². The Labute approximate surface area is 182 Å². The highest BCUT2D eigenvalue weighted by Crippen LogP contribution is 2.26. The van der Waals surface area contributed by atoms with Crippen LogP contribution < -0.4 is 0 Å². The van der Waals surface area contributed by atoms with Gasteiger partial charge in [-0.1, -0.05) is 63.5 Å². The molecule has 1 aliphatic carbocycles. The Morgan fingerprint density at radius 1 is 1.17 bits per heavy atom. The summed E-state index contributed by atoms with van der Waals surface area (Å²) >= 11 is 0. The molecule has 0 saturated carbocycles. The van der Waals surface area contributed by atoms with Crippen LogP contribution in [-0.2, 0) is 15.9 Å². The lowest BCUT2D eigenvalue weighted by molar-refractivity contribution is 0.00901. The van der Waals surface area contributed by atoms with Gasteiger partial charge in [0, 0.05) is 25.0 Å². The zero-order valence-corrected chi connectivity index (χ0v) is 18.7. The molecule has 4 nitrogen and oxygen atoms in total. The number of hydrogen-bond acceptors (Lipinski definition) is 4. The van der Waals surface area contributed by atoms with Gasteiger partial charge in [-0.15, -0.1) is 0 Å². The number of allylic oxidation sites excluding steroid dienone is 2. The summed E-state index contributed by atoms with van der Waals surface area (Å²) in [5, 5.41) is 16.9. The number of aliphatic hydroxyl groups is 1. The number of nitrogens with one attached hydrogen (secondary N) is 1. The minimum absolute atomic E-state index is 0.00581. The molecule has 0 fully saturated rings. The third kappa shape index (κ3) is 8.17. The normalized spacial score (nSPS) is 17.0. The molecule has 0 aromatic heterocycles. The number of benzene rings is 1. The zero-order chi connectivity index (χ0) is 21.6. The number of ether oxygens (including phenoxy) is 2. The van der Waals surface area contributed by atoms with E-state index in [1.54, 1.807) is 0 Å². The Morgan fingerprint density at radius 2 is 1.97 bits per heavy atom. The highest BCUT2D eigenvalue weighted by Gasteiger charge is 2.12. The van der Waals surface area contributed by atoms with Gasteiger partial charge >= 0.3 is 0 Å². The predicted molar refractivity (Wildman–Crippen MR) is 125 cm³/mol. The lowest BCUT2D eigenvalue weighted by Gasteiger charge is -2.18. The largest absolute Gasteiger partial charge is 0.394 e. The van der Waals surface area contributed by atoms with Crippen molar-refractivity contribution >= 4 is 11.8 Å². The summed E-state index contributed by atoms with van der Waals surface area (Å²) in [6.45, 7) is 5.84. The second kappa shape index (κ2) is 14.3. The molecule has 0 aliphatic heterocycles. The highest BCUT2D eigenvalue weighted by atomic mass is 16.5. The van der Waals surface area contributed by atoms with Crippen molar-refractivity contribution < 1.29 is 14.6 Å². The predicted octanol–water partition coefficient (Wildman–Crippen LogP) is 5.71. The summed E-state index contributed by atoms with van der Waals surface area (Å²) in [4.78, 5) is 0. The fourth-order valence-electron chi connectivity index (χ4n) is 3.70. The molecular weight excluding hydrogens is 374 g/mol. The van der Waals surface area contributed by atoms with Crippen LogP contribution in [0.4, 0.5) is 0 Å². The standard InChI is InChI=1S/C26H39NO3/c1-3-9-21-10-15-26(23(18-21)19-27)22-11-13-25(14-12-22)30-17-8-6-5-7-16-29-24(4-2)20-28/h10-13,15,18-19,24-25,27-28H,3-9,14,16-17,20H2,1-2H3. The smallest absolute Gasteiger partial charge is 0.0803 e. The van der Waals surface area contributed by atoms with Gasteiger partial charge in [-0.3, -0.25) is 0 Å². The van der Waals surface area contributed by atoms with Crippen LogP contribution in [0, 0.1) is 5.41 Å². The van der Waals surface area contributed by atoms with Crippen molar-refractivity contribution in [3.05, 3.63) is 53.1 Å². The molecule has 1 aromatic carbocycles. The molecule has 0 amide bonds. The lowest BCUT2D eigenvalue weighted by atomic mass is 9.93. The van der Waals surface area contributed by atoms with E-state index >= 15 is 0 Å². The van der Waals surface area contributed by atoms with Gasteiger partial charge < -0.3 is 20.0 Å². The van der Waals surface area contributed by atoms with Crippen LogP contribution in [-0.4, -0.2) is 43.3 Å². The van der Waals surface area contributed by atoms with E-state index in [-0.39, 0.29) is 18.8 Å². The zero-order valence-electron chi connectivity index (χ0n) is 18.7. The van der Waals surface area contributed by atoms with Gasteiger partial charge in [-0.05, 0) is 54.9 Å². The maximum Gasteiger partial charge on any atom is 0.0803 e. The molecule has 166 valence electrons. The fourth-order valence-corrected chi connectivity index (χ4v) is 3.70. The summed E-state index contributed by atoms with van der Waals surface area (Å²) in [6.07, 6.45) is 16.4. The maximum atomic E-state index is 9.10. The van der Waals surface area contributed by atoms with E-state index in [2.05, 4.69) is 43.4 Å². The first-order chi connectivity index (χ1) is 14.7. The monoisotopic (exact) mass is 413 g/mol.